The van der Waals surface area contributed by atoms with Gasteiger partial charge in [-0.3, -0.25) is 4.79 Å². The first-order chi connectivity index (χ1) is 6.27. The number of carboxylic acids is 1. The summed E-state index contributed by atoms with van der Waals surface area (Å²) in [7, 11) is 0. The van der Waals surface area contributed by atoms with Crippen LogP contribution >= 0.6 is 0 Å². The van der Waals surface area contributed by atoms with Crippen molar-refractivity contribution >= 4 is 18.0 Å². The summed E-state index contributed by atoms with van der Waals surface area (Å²) in [5.74, 6) is -1.94. The lowest BCUT2D eigenvalue weighted by Gasteiger charge is -2.16. The lowest BCUT2D eigenvalue weighted by atomic mass is 9.90. The Kier molecular flexibility index (Phi) is 2.22. The molecule has 6 nitrogen and oxygen atoms in total. The van der Waals surface area contributed by atoms with Gasteiger partial charge in [-0.25, -0.2) is 14.5 Å². The summed E-state index contributed by atoms with van der Waals surface area (Å²) < 4.78 is 0. The van der Waals surface area contributed by atoms with Gasteiger partial charge in [0, 0.05) is 5.41 Å². The minimum atomic E-state index is -1.51. The van der Waals surface area contributed by atoms with Crippen LogP contribution in [-0.4, -0.2) is 39.1 Å². The molecule has 1 fully saturated rings. The first kappa shape index (κ1) is 10.5. The van der Waals surface area contributed by atoms with Crippen LogP contribution in [0.15, 0.2) is 0 Å². The molecule has 2 N–H and O–H groups in total. The van der Waals surface area contributed by atoms with Gasteiger partial charge in [0.15, 0.2) is 0 Å². The van der Waals surface area contributed by atoms with E-state index < -0.39 is 29.4 Å². The molecule has 2 amide bonds. The molecule has 1 rings (SSSR count). The largest absolute Gasteiger partial charge is 0.480 e. The molecular weight excluding hydrogens is 190 g/mol. The number of carbonyl (C=O) groups is 3. The number of amides is 2. The average molecular weight is 201 g/mol. The Morgan fingerprint density at radius 2 is 1.93 bits per heavy atom. The summed E-state index contributed by atoms with van der Waals surface area (Å²) in [4.78, 5) is 33.2. The van der Waals surface area contributed by atoms with E-state index in [0.717, 1.165) is 0 Å². The number of rotatable bonds is 1. The Hall–Kier alpha value is -1.59. The van der Waals surface area contributed by atoms with Crippen LogP contribution in [0.4, 0.5) is 4.79 Å². The van der Waals surface area contributed by atoms with Crippen LogP contribution in [0.3, 0.4) is 0 Å². The minimum absolute atomic E-state index is 0.0213. The number of carboxylic acid groups (broad SMARTS) is 2. The Labute approximate surface area is 80.1 Å². The third-order valence-corrected chi connectivity index (χ3v) is 2.30. The predicted molar refractivity (Wildman–Crippen MR) is 44.7 cm³/mol. The van der Waals surface area contributed by atoms with E-state index in [1.54, 1.807) is 0 Å². The van der Waals surface area contributed by atoms with Gasteiger partial charge >= 0.3 is 12.1 Å². The molecule has 1 unspecified atom stereocenters. The van der Waals surface area contributed by atoms with E-state index in [0.29, 0.717) is 4.90 Å². The number of carbonyl (C=O) groups excluding carboxylic acids is 1. The van der Waals surface area contributed by atoms with Crippen LogP contribution in [-0.2, 0) is 9.59 Å². The number of aliphatic carboxylic acids is 1. The van der Waals surface area contributed by atoms with Gasteiger partial charge < -0.3 is 10.2 Å². The van der Waals surface area contributed by atoms with Gasteiger partial charge in [0.2, 0.25) is 5.91 Å². The standard InChI is InChI=1S/C8H11NO5/c1-8(2)3-4(5(10)11)9(6(8)12)7(13)14/h4H,3H2,1-2H3,(H,10,11)(H,13,14). The van der Waals surface area contributed by atoms with Crippen molar-refractivity contribution in [2.45, 2.75) is 26.3 Å². The molecule has 1 heterocycles. The second-order valence-electron chi connectivity index (χ2n) is 3.90. The molecule has 0 aromatic carbocycles. The zero-order chi connectivity index (χ0) is 11.1. The highest BCUT2D eigenvalue weighted by atomic mass is 16.4. The Morgan fingerprint density at radius 3 is 2.21 bits per heavy atom. The van der Waals surface area contributed by atoms with E-state index in [1.165, 1.54) is 13.8 Å². The first-order valence-electron chi connectivity index (χ1n) is 4.07. The summed E-state index contributed by atoms with van der Waals surface area (Å²) in [5, 5.41) is 17.4. The highest BCUT2D eigenvalue weighted by molar-refractivity contribution is 6.01. The van der Waals surface area contributed by atoms with Crippen LogP contribution in [0.2, 0.25) is 0 Å². The van der Waals surface area contributed by atoms with Crippen molar-refractivity contribution < 1.29 is 24.6 Å². The number of nitrogens with zero attached hydrogens (tertiary/aromatic N) is 1. The highest BCUT2D eigenvalue weighted by Gasteiger charge is 2.51. The molecule has 0 aromatic heterocycles. The van der Waals surface area contributed by atoms with Crippen molar-refractivity contribution in [2.75, 3.05) is 0 Å². The Morgan fingerprint density at radius 1 is 1.43 bits per heavy atom. The van der Waals surface area contributed by atoms with Crippen molar-refractivity contribution in [3.8, 4) is 0 Å². The van der Waals surface area contributed by atoms with Crippen LogP contribution < -0.4 is 0 Å². The average Bonchev–Trinajstić information content (AvgIpc) is 2.23. The Bertz CT molecular complexity index is 309. The fraction of sp³-hybridized carbons (Fsp3) is 0.625. The molecule has 0 saturated carbocycles. The molecule has 0 aromatic rings. The number of hydrogen-bond acceptors (Lipinski definition) is 3. The van der Waals surface area contributed by atoms with Crippen molar-refractivity contribution in [2.24, 2.45) is 5.41 Å². The van der Waals surface area contributed by atoms with Gasteiger partial charge in [-0.15, -0.1) is 0 Å². The molecule has 6 heteroatoms. The third-order valence-electron chi connectivity index (χ3n) is 2.30. The maximum absolute atomic E-state index is 11.5. The summed E-state index contributed by atoms with van der Waals surface area (Å²) in [6.07, 6.45) is -1.49. The molecule has 78 valence electrons. The SMILES string of the molecule is CC1(C)CC(C(=O)O)N(C(=O)O)C1=O. The summed E-state index contributed by atoms with van der Waals surface area (Å²) in [5.41, 5.74) is -0.915. The molecule has 1 aliphatic heterocycles. The van der Waals surface area contributed by atoms with E-state index in [4.69, 9.17) is 10.2 Å². The van der Waals surface area contributed by atoms with Gasteiger partial charge in [-0.2, -0.15) is 0 Å². The van der Waals surface area contributed by atoms with Crippen molar-refractivity contribution in [1.82, 2.24) is 4.90 Å². The van der Waals surface area contributed by atoms with E-state index in [9.17, 15) is 14.4 Å². The van der Waals surface area contributed by atoms with Crippen LogP contribution in [0.5, 0.6) is 0 Å². The normalized spacial score (nSPS) is 25.1. The highest BCUT2D eigenvalue weighted by Crippen LogP contribution is 2.35. The molecule has 1 atom stereocenters. The maximum Gasteiger partial charge on any atom is 0.414 e. The first-order valence-corrected chi connectivity index (χ1v) is 4.07. The molecule has 0 radical (unpaired) electrons. The van der Waals surface area contributed by atoms with Crippen LogP contribution in [0, 0.1) is 5.41 Å². The van der Waals surface area contributed by atoms with E-state index >= 15 is 0 Å². The van der Waals surface area contributed by atoms with E-state index in [1.807, 2.05) is 0 Å². The fourth-order valence-corrected chi connectivity index (χ4v) is 1.55. The van der Waals surface area contributed by atoms with Gasteiger partial charge in [-0.05, 0) is 6.42 Å². The molecule has 0 spiro atoms. The number of hydrogen-bond donors (Lipinski definition) is 2. The van der Waals surface area contributed by atoms with Crippen molar-refractivity contribution in [3.05, 3.63) is 0 Å². The smallest absolute Gasteiger partial charge is 0.414 e. The van der Waals surface area contributed by atoms with Gasteiger partial charge in [-0.1, -0.05) is 13.8 Å². The minimum Gasteiger partial charge on any atom is -0.480 e. The lowest BCUT2D eigenvalue weighted by Crippen LogP contribution is -2.42. The molecule has 14 heavy (non-hydrogen) atoms. The summed E-state index contributed by atoms with van der Waals surface area (Å²) in [6, 6.07) is -1.25. The summed E-state index contributed by atoms with van der Waals surface area (Å²) in [6.45, 7) is 3.07. The van der Waals surface area contributed by atoms with Crippen molar-refractivity contribution in [3.63, 3.8) is 0 Å². The monoisotopic (exact) mass is 201 g/mol. The van der Waals surface area contributed by atoms with E-state index in [-0.39, 0.29) is 6.42 Å². The topological polar surface area (TPSA) is 94.9 Å². The van der Waals surface area contributed by atoms with Gasteiger partial charge in [0.05, 0.1) is 0 Å². The molecule has 0 bridgehead atoms. The lowest BCUT2D eigenvalue weighted by molar-refractivity contribution is -0.145. The second-order valence-corrected chi connectivity index (χ2v) is 3.90. The van der Waals surface area contributed by atoms with E-state index in [2.05, 4.69) is 0 Å². The van der Waals surface area contributed by atoms with Crippen LogP contribution in [0.25, 0.3) is 0 Å². The van der Waals surface area contributed by atoms with Crippen LogP contribution in [0.1, 0.15) is 20.3 Å². The Balaban J connectivity index is 3.06. The quantitative estimate of drug-likeness (QED) is 0.639. The number of imide groups is 1. The molecular formula is C8H11NO5. The summed E-state index contributed by atoms with van der Waals surface area (Å²) >= 11 is 0. The third kappa shape index (κ3) is 1.43. The molecule has 0 aliphatic carbocycles. The van der Waals surface area contributed by atoms with Gasteiger partial charge in [0.1, 0.15) is 6.04 Å². The second kappa shape index (κ2) is 2.97. The zero-order valence-electron chi connectivity index (χ0n) is 7.85. The zero-order valence-corrected chi connectivity index (χ0v) is 7.85. The fourth-order valence-electron chi connectivity index (χ4n) is 1.55. The molecule has 1 aliphatic rings. The van der Waals surface area contributed by atoms with Gasteiger partial charge in [0.25, 0.3) is 0 Å². The number of likely N-dealkylation sites (tertiary alicyclic amines) is 1. The maximum atomic E-state index is 11.5. The molecule has 1 saturated heterocycles. The van der Waals surface area contributed by atoms with Crippen molar-refractivity contribution in [1.29, 1.82) is 0 Å². The predicted octanol–water partition coefficient (Wildman–Crippen LogP) is 0.376.